The number of benzene rings is 1. The summed E-state index contributed by atoms with van der Waals surface area (Å²) < 4.78 is 0. The Morgan fingerprint density at radius 2 is 2.04 bits per heavy atom. The van der Waals surface area contributed by atoms with Gasteiger partial charge in [-0.2, -0.15) is 0 Å². The van der Waals surface area contributed by atoms with Gasteiger partial charge in [-0.3, -0.25) is 24.3 Å². The number of carbonyl (C=O) groups is 2. The first-order valence-electron chi connectivity index (χ1n) is 7.17. The van der Waals surface area contributed by atoms with Gasteiger partial charge in [0.05, 0.1) is 5.69 Å². The number of thioether (sulfide) groups is 1. The number of amides is 1. The van der Waals surface area contributed by atoms with Crippen LogP contribution in [0.4, 0.5) is 5.95 Å². The van der Waals surface area contributed by atoms with Crippen molar-refractivity contribution in [3.8, 4) is 11.3 Å². The Labute approximate surface area is 136 Å². The fourth-order valence-electron chi connectivity index (χ4n) is 2.52. The lowest BCUT2D eigenvalue weighted by Gasteiger charge is -2.15. The molecule has 1 saturated heterocycles. The van der Waals surface area contributed by atoms with Crippen molar-refractivity contribution in [3.63, 3.8) is 0 Å². The van der Waals surface area contributed by atoms with E-state index >= 15 is 0 Å². The lowest BCUT2D eigenvalue weighted by molar-refractivity contribution is -0.117. The van der Waals surface area contributed by atoms with E-state index in [1.165, 1.54) is 17.9 Å². The standard InChI is InChI=1S/C16H15N3O3S/c1-10(20)23-12-7-15(22)19(9-12)16-17-13(8-14(21)18-16)11-5-3-2-4-6-11/h2-6,8,12H,7,9H2,1H3,(H,17,18,21). The summed E-state index contributed by atoms with van der Waals surface area (Å²) in [7, 11) is 0. The van der Waals surface area contributed by atoms with Gasteiger partial charge in [-0.25, -0.2) is 4.98 Å². The maximum Gasteiger partial charge on any atom is 0.252 e. The molecule has 0 bridgehead atoms. The Morgan fingerprint density at radius 3 is 2.74 bits per heavy atom. The highest BCUT2D eigenvalue weighted by molar-refractivity contribution is 8.14. The van der Waals surface area contributed by atoms with Crippen molar-refractivity contribution in [2.45, 2.75) is 18.6 Å². The van der Waals surface area contributed by atoms with Gasteiger partial charge in [-0.1, -0.05) is 42.1 Å². The molecule has 1 fully saturated rings. The van der Waals surface area contributed by atoms with Crippen LogP contribution >= 0.6 is 11.8 Å². The maximum atomic E-state index is 12.2. The van der Waals surface area contributed by atoms with Crippen LogP contribution in [0.1, 0.15) is 13.3 Å². The average Bonchev–Trinajstić information content (AvgIpc) is 2.87. The van der Waals surface area contributed by atoms with E-state index < -0.39 is 0 Å². The molecule has 0 aliphatic carbocycles. The van der Waals surface area contributed by atoms with Crippen LogP contribution < -0.4 is 10.5 Å². The molecule has 1 aromatic carbocycles. The molecule has 2 aromatic rings. The van der Waals surface area contributed by atoms with E-state index in [1.54, 1.807) is 0 Å². The first-order valence-corrected chi connectivity index (χ1v) is 8.05. The van der Waals surface area contributed by atoms with Crippen molar-refractivity contribution in [1.82, 2.24) is 9.97 Å². The third-order valence-electron chi connectivity index (χ3n) is 3.48. The van der Waals surface area contributed by atoms with Crippen LogP contribution in [0.3, 0.4) is 0 Å². The van der Waals surface area contributed by atoms with Gasteiger partial charge in [0.15, 0.2) is 5.12 Å². The van der Waals surface area contributed by atoms with Gasteiger partial charge < -0.3 is 0 Å². The number of anilines is 1. The summed E-state index contributed by atoms with van der Waals surface area (Å²) in [6, 6.07) is 10.7. The Kier molecular flexibility index (Phi) is 4.29. The minimum absolute atomic E-state index is 0.0239. The normalized spacial score (nSPS) is 17.5. The van der Waals surface area contributed by atoms with Crippen molar-refractivity contribution >= 4 is 28.7 Å². The third kappa shape index (κ3) is 3.50. The Hall–Kier alpha value is -2.41. The molecular formula is C16H15N3O3S. The van der Waals surface area contributed by atoms with E-state index in [1.807, 2.05) is 30.3 Å². The maximum absolute atomic E-state index is 12.2. The summed E-state index contributed by atoms with van der Waals surface area (Å²) in [6.07, 6.45) is 0.267. The highest BCUT2D eigenvalue weighted by Gasteiger charge is 2.33. The van der Waals surface area contributed by atoms with E-state index in [-0.39, 0.29) is 34.2 Å². The second-order valence-corrected chi connectivity index (χ2v) is 6.74. The molecular weight excluding hydrogens is 314 g/mol. The lowest BCUT2D eigenvalue weighted by Crippen LogP contribution is -2.29. The molecule has 1 aliphatic rings. The number of aromatic amines is 1. The molecule has 1 atom stereocenters. The van der Waals surface area contributed by atoms with E-state index in [0.29, 0.717) is 12.2 Å². The second kappa shape index (κ2) is 6.37. The SMILES string of the molecule is CC(=O)SC1CC(=O)N(c2nc(-c3ccccc3)cc(=O)[nH]2)C1. The monoisotopic (exact) mass is 329 g/mol. The topological polar surface area (TPSA) is 83.1 Å². The fourth-order valence-corrected chi connectivity index (χ4v) is 3.44. The molecule has 23 heavy (non-hydrogen) atoms. The molecule has 1 amide bonds. The van der Waals surface area contributed by atoms with Gasteiger partial charge in [0, 0.05) is 36.8 Å². The highest BCUT2D eigenvalue weighted by atomic mass is 32.2. The van der Waals surface area contributed by atoms with Crippen molar-refractivity contribution < 1.29 is 9.59 Å². The van der Waals surface area contributed by atoms with E-state index in [9.17, 15) is 14.4 Å². The smallest absolute Gasteiger partial charge is 0.252 e. The zero-order chi connectivity index (χ0) is 16.4. The Morgan fingerprint density at radius 1 is 1.30 bits per heavy atom. The van der Waals surface area contributed by atoms with Crippen LogP contribution in [0.5, 0.6) is 0 Å². The molecule has 3 rings (SSSR count). The summed E-state index contributed by atoms with van der Waals surface area (Å²) in [4.78, 5) is 43.7. The Bertz CT molecular complexity index is 804. The van der Waals surface area contributed by atoms with Crippen molar-refractivity contribution in [1.29, 1.82) is 0 Å². The molecule has 1 aliphatic heterocycles. The molecule has 1 N–H and O–H groups in total. The minimum atomic E-state index is -0.315. The van der Waals surface area contributed by atoms with E-state index in [2.05, 4.69) is 9.97 Å². The van der Waals surface area contributed by atoms with E-state index in [0.717, 1.165) is 17.3 Å². The summed E-state index contributed by atoms with van der Waals surface area (Å²) in [5.74, 6) is 0.0881. The van der Waals surface area contributed by atoms with E-state index in [4.69, 9.17) is 0 Å². The quantitative estimate of drug-likeness (QED) is 0.929. The number of H-pyrrole nitrogens is 1. The number of hydrogen-bond acceptors (Lipinski definition) is 5. The highest BCUT2D eigenvalue weighted by Crippen LogP contribution is 2.27. The molecule has 2 heterocycles. The molecule has 118 valence electrons. The third-order valence-corrected chi connectivity index (χ3v) is 4.46. The van der Waals surface area contributed by atoms with Crippen molar-refractivity contribution in [3.05, 3.63) is 46.8 Å². The van der Waals surface area contributed by atoms with Gasteiger partial charge in [-0.05, 0) is 0 Å². The number of nitrogens with zero attached hydrogens (tertiary/aromatic N) is 2. The van der Waals surface area contributed by atoms with Crippen LogP contribution in [0.2, 0.25) is 0 Å². The van der Waals surface area contributed by atoms with Crippen LogP contribution in [0, 0.1) is 0 Å². The first kappa shape index (κ1) is 15.5. The van der Waals surface area contributed by atoms with Crippen LogP contribution in [-0.4, -0.2) is 32.8 Å². The molecule has 0 radical (unpaired) electrons. The number of hydrogen-bond donors (Lipinski definition) is 1. The summed E-state index contributed by atoms with van der Waals surface area (Å²) in [5.41, 5.74) is 1.00. The van der Waals surface area contributed by atoms with Crippen LogP contribution in [-0.2, 0) is 9.59 Å². The van der Waals surface area contributed by atoms with Gasteiger partial charge in [0.2, 0.25) is 11.9 Å². The Balaban J connectivity index is 1.92. The summed E-state index contributed by atoms with van der Waals surface area (Å²) >= 11 is 1.15. The molecule has 0 spiro atoms. The molecule has 1 aromatic heterocycles. The molecule has 6 nitrogen and oxygen atoms in total. The minimum Gasteiger partial charge on any atom is -0.292 e. The van der Waals surface area contributed by atoms with Crippen molar-refractivity contribution in [2.75, 3.05) is 11.4 Å². The molecule has 7 heteroatoms. The second-order valence-electron chi connectivity index (χ2n) is 5.26. The predicted octanol–water partition coefficient (Wildman–Crippen LogP) is 1.82. The molecule has 1 unspecified atom stereocenters. The van der Waals surface area contributed by atoms with Gasteiger partial charge in [0.25, 0.3) is 5.56 Å². The lowest BCUT2D eigenvalue weighted by atomic mass is 10.1. The van der Waals surface area contributed by atoms with Gasteiger partial charge in [-0.15, -0.1) is 0 Å². The number of nitrogens with one attached hydrogen (secondary N) is 1. The first-order chi connectivity index (χ1) is 11.0. The fraction of sp³-hybridized carbons (Fsp3) is 0.250. The van der Waals surface area contributed by atoms with Crippen LogP contribution in [0.25, 0.3) is 11.3 Å². The number of carbonyl (C=O) groups excluding carboxylic acids is 2. The zero-order valence-electron chi connectivity index (χ0n) is 12.5. The van der Waals surface area contributed by atoms with Crippen molar-refractivity contribution in [2.24, 2.45) is 0 Å². The van der Waals surface area contributed by atoms with Crippen LogP contribution in [0.15, 0.2) is 41.2 Å². The molecule has 0 saturated carbocycles. The van der Waals surface area contributed by atoms with Gasteiger partial charge in [0.1, 0.15) is 0 Å². The largest absolute Gasteiger partial charge is 0.292 e. The average molecular weight is 329 g/mol. The summed E-state index contributed by atoms with van der Waals surface area (Å²) in [6.45, 7) is 1.85. The zero-order valence-corrected chi connectivity index (χ0v) is 13.3. The van der Waals surface area contributed by atoms with Gasteiger partial charge >= 0.3 is 0 Å². The predicted molar refractivity (Wildman–Crippen MR) is 89.3 cm³/mol. The number of rotatable bonds is 3. The number of aromatic nitrogens is 2. The summed E-state index contributed by atoms with van der Waals surface area (Å²) in [5, 5.41) is -0.130.